The molecule has 1 aromatic carbocycles. The van der Waals surface area contributed by atoms with Crippen LogP contribution in [0.2, 0.25) is 0 Å². The number of nitrogens with zero attached hydrogens (tertiary/aromatic N) is 2. The second-order valence-corrected chi connectivity index (χ2v) is 5.40. The number of hydrogen-bond donors (Lipinski definition) is 1. The van der Waals surface area contributed by atoms with Gasteiger partial charge < -0.3 is 5.11 Å². The van der Waals surface area contributed by atoms with Crippen molar-refractivity contribution in [3.05, 3.63) is 48.3 Å². The quantitative estimate of drug-likeness (QED) is 0.881. The molecule has 1 atom stereocenters. The van der Waals surface area contributed by atoms with Crippen molar-refractivity contribution in [2.75, 3.05) is 5.75 Å². The summed E-state index contributed by atoms with van der Waals surface area (Å²) in [5, 5.41) is 13.0. The third kappa shape index (κ3) is 3.86. The van der Waals surface area contributed by atoms with Crippen LogP contribution in [-0.4, -0.2) is 26.6 Å². The van der Waals surface area contributed by atoms with Gasteiger partial charge >= 0.3 is 5.97 Å². The Morgan fingerprint density at radius 3 is 2.74 bits per heavy atom. The van der Waals surface area contributed by atoms with E-state index in [1.807, 2.05) is 29.1 Å². The van der Waals surface area contributed by atoms with Gasteiger partial charge in [-0.1, -0.05) is 19.1 Å². The summed E-state index contributed by atoms with van der Waals surface area (Å²) in [5.41, 5.74) is 2.22. The van der Waals surface area contributed by atoms with Crippen LogP contribution in [0.3, 0.4) is 0 Å². The third-order valence-electron chi connectivity index (χ3n) is 2.76. The van der Waals surface area contributed by atoms with Crippen molar-refractivity contribution in [3.8, 4) is 5.69 Å². The molecule has 1 aromatic heterocycles. The van der Waals surface area contributed by atoms with Gasteiger partial charge in [-0.25, -0.2) is 4.68 Å². The van der Waals surface area contributed by atoms with Gasteiger partial charge in [0.2, 0.25) is 0 Å². The van der Waals surface area contributed by atoms with E-state index in [4.69, 9.17) is 5.11 Å². The fourth-order valence-electron chi connectivity index (χ4n) is 1.59. The first-order chi connectivity index (χ1) is 9.16. The van der Waals surface area contributed by atoms with Crippen LogP contribution in [0.15, 0.2) is 42.7 Å². The van der Waals surface area contributed by atoms with Crippen molar-refractivity contribution in [1.82, 2.24) is 9.78 Å². The molecule has 2 aromatic rings. The second-order valence-electron chi connectivity index (χ2n) is 4.37. The summed E-state index contributed by atoms with van der Waals surface area (Å²) in [6, 6.07) is 10.0. The van der Waals surface area contributed by atoms with Crippen molar-refractivity contribution >= 4 is 17.7 Å². The van der Waals surface area contributed by atoms with Gasteiger partial charge in [0.1, 0.15) is 0 Å². The first-order valence-electron chi connectivity index (χ1n) is 6.06. The molecule has 0 bridgehead atoms. The molecule has 2 rings (SSSR count). The lowest BCUT2D eigenvalue weighted by Gasteiger charge is -2.07. The minimum absolute atomic E-state index is 0.298. The maximum Gasteiger partial charge on any atom is 0.307 e. The van der Waals surface area contributed by atoms with Gasteiger partial charge in [0.25, 0.3) is 0 Å². The highest BCUT2D eigenvalue weighted by molar-refractivity contribution is 7.98. The molecule has 0 aliphatic heterocycles. The SMILES string of the molecule is CC(CSCc1ccc(-n2cccn2)cc1)C(=O)O. The maximum absolute atomic E-state index is 10.7. The van der Waals surface area contributed by atoms with E-state index in [1.165, 1.54) is 5.56 Å². The Hall–Kier alpha value is -1.75. The number of aliphatic carboxylic acids is 1. The summed E-state index contributed by atoms with van der Waals surface area (Å²) in [6.45, 7) is 1.73. The number of benzene rings is 1. The van der Waals surface area contributed by atoms with Crippen molar-refractivity contribution < 1.29 is 9.90 Å². The minimum atomic E-state index is -0.735. The first-order valence-corrected chi connectivity index (χ1v) is 7.22. The fourth-order valence-corrected chi connectivity index (χ4v) is 2.63. The standard InChI is InChI=1S/C14H16N2O2S/c1-11(14(17)18)9-19-10-12-3-5-13(6-4-12)16-8-2-7-15-16/h2-8,11H,9-10H2,1H3,(H,17,18). The number of aromatic nitrogens is 2. The van der Waals surface area contributed by atoms with Gasteiger partial charge in [-0.2, -0.15) is 16.9 Å². The van der Waals surface area contributed by atoms with Crippen LogP contribution in [0.4, 0.5) is 0 Å². The monoisotopic (exact) mass is 276 g/mol. The van der Waals surface area contributed by atoms with Crippen LogP contribution in [-0.2, 0) is 10.5 Å². The topological polar surface area (TPSA) is 55.1 Å². The number of rotatable bonds is 6. The molecule has 1 N–H and O–H groups in total. The maximum atomic E-state index is 10.7. The van der Waals surface area contributed by atoms with Crippen LogP contribution in [0, 0.1) is 5.92 Å². The number of hydrogen-bond acceptors (Lipinski definition) is 3. The highest BCUT2D eigenvalue weighted by atomic mass is 32.2. The highest BCUT2D eigenvalue weighted by Crippen LogP contribution is 2.17. The highest BCUT2D eigenvalue weighted by Gasteiger charge is 2.10. The fraction of sp³-hybridized carbons (Fsp3) is 0.286. The molecule has 19 heavy (non-hydrogen) atoms. The number of carbonyl (C=O) groups is 1. The van der Waals surface area contributed by atoms with E-state index in [0.29, 0.717) is 5.75 Å². The molecule has 1 heterocycles. The van der Waals surface area contributed by atoms with Gasteiger partial charge in [0.05, 0.1) is 11.6 Å². The summed E-state index contributed by atoms with van der Waals surface area (Å²) in [4.78, 5) is 10.7. The van der Waals surface area contributed by atoms with E-state index in [1.54, 1.807) is 24.9 Å². The van der Waals surface area contributed by atoms with Crippen molar-refractivity contribution in [2.24, 2.45) is 5.92 Å². The smallest absolute Gasteiger partial charge is 0.307 e. The Kier molecular flexibility index (Phi) is 4.63. The van der Waals surface area contributed by atoms with E-state index in [2.05, 4.69) is 17.2 Å². The van der Waals surface area contributed by atoms with Gasteiger partial charge in [-0.05, 0) is 23.8 Å². The molecule has 0 radical (unpaired) electrons. The molecule has 0 aliphatic carbocycles. The lowest BCUT2D eigenvalue weighted by atomic mass is 10.2. The molecular formula is C14H16N2O2S. The summed E-state index contributed by atoms with van der Waals surface area (Å²) in [7, 11) is 0. The summed E-state index contributed by atoms with van der Waals surface area (Å²) in [5.74, 6) is 0.433. The van der Waals surface area contributed by atoms with Crippen molar-refractivity contribution in [3.63, 3.8) is 0 Å². The number of thioether (sulfide) groups is 1. The third-order valence-corrected chi connectivity index (χ3v) is 4.04. The van der Waals surface area contributed by atoms with Crippen LogP contribution < -0.4 is 0 Å². The molecule has 0 saturated heterocycles. The average molecular weight is 276 g/mol. The Morgan fingerprint density at radius 1 is 1.42 bits per heavy atom. The zero-order valence-electron chi connectivity index (χ0n) is 10.7. The van der Waals surface area contributed by atoms with Crippen LogP contribution in [0.25, 0.3) is 5.69 Å². The summed E-state index contributed by atoms with van der Waals surface area (Å²) >= 11 is 1.64. The Balaban J connectivity index is 1.87. The van der Waals surface area contributed by atoms with Gasteiger partial charge in [-0.3, -0.25) is 4.79 Å². The van der Waals surface area contributed by atoms with Crippen LogP contribution >= 0.6 is 11.8 Å². The van der Waals surface area contributed by atoms with E-state index < -0.39 is 5.97 Å². The van der Waals surface area contributed by atoms with E-state index in [0.717, 1.165) is 11.4 Å². The number of carboxylic acids is 1. The Morgan fingerprint density at radius 2 is 2.16 bits per heavy atom. The predicted octanol–water partition coefficient (Wildman–Crippen LogP) is 2.83. The molecule has 4 nitrogen and oxygen atoms in total. The lowest BCUT2D eigenvalue weighted by Crippen LogP contribution is -2.11. The van der Waals surface area contributed by atoms with Crippen LogP contribution in [0.5, 0.6) is 0 Å². The van der Waals surface area contributed by atoms with E-state index in [9.17, 15) is 4.79 Å². The zero-order chi connectivity index (χ0) is 13.7. The van der Waals surface area contributed by atoms with E-state index >= 15 is 0 Å². The first kappa shape index (κ1) is 13.7. The van der Waals surface area contributed by atoms with Crippen LogP contribution in [0.1, 0.15) is 12.5 Å². The van der Waals surface area contributed by atoms with Gasteiger partial charge in [0.15, 0.2) is 0 Å². The molecule has 0 fully saturated rings. The normalized spacial score (nSPS) is 12.3. The molecule has 0 saturated carbocycles. The lowest BCUT2D eigenvalue weighted by molar-refractivity contribution is -0.140. The molecule has 5 heteroatoms. The Bertz CT molecular complexity index is 523. The molecule has 100 valence electrons. The average Bonchev–Trinajstić information content (AvgIpc) is 2.93. The zero-order valence-corrected chi connectivity index (χ0v) is 11.5. The number of carboxylic acid groups (broad SMARTS) is 1. The molecule has 1 unspecified atom stereocenters. The van der Waals surface area contributed by atoms with Gasteiger partial charge in [0, 0.05) is 23.9 Å². The summed E-state index contributed by atoms with van der Waals surface area (Å²) in [6.07, 6.45) is 3.65. The minimum Gasteiger partial charge on any atom is -0.481 e. The molecule has 0 spiro atoms. The second kappa shape index (κ2) is 6.43. The summed E-state index contributed by atoms with van der Waals surface area (Å²) < 4.78 is 1.81. The largest absolute Gasteiger partial charge is 0.481 e. The van der Waals surface area contributed by atoms with E-state index in [-0.39, 0.29) is 5.92 Å². The predicted molar refractivity (Wildman–Crippen MR) is 76.5 cm³/mol. The van der Waals surface area contributed by atoms with Gasteiger partial charge in [-0.15, -0.1) is 0 Å². The molecule has 0 amide bonds. The molecule has 0 aliphatic rings. The molecular weight excluding hydrogens is 260 g/mol. The Labute approximate surface area is 116 Å². The van der Waals surface area contributed by atoms with Crippen molar-refractivity contribution in [2.45, 2.75) is 12.7 Å². The van der Waals surface area contributed by atoms with Crippen molar-refractivity contribution in [1.29, 1.82) is 0 Å².